The lowest BCUT2D eigenvalue weighted by atomic mass is 9.95. The van der Waals surface area contributed by atoms with Crippen molar-refractivity contribution in [2.45, 2.75) is 38.3 Å². The highest BCUT2D eigenvalue weighted by atomic mass is 16.1. The smallest absolute Gasteiger partial charge is 0.347 e. The molecule has 0 radical (unpaired) electrons. The maximum atomic E-state index is 11.9. The average Bonchev–Trinajstić information content (AvgIpc) is 3.04. The van der Waals surface area contributed by atoms with Gasteiger partial charge >= 0.3 is 5.69 Å². The van der Waals surface area contributed by atoms with E-state index in [2.05, 4.69) is 50.5 Å². The van der Waals surface area contributed by atoms with Crippen LogP contribution in [0, 0.1) is 0 Å². The Hall–Kier alpha value is -2.14. The van der Waals surface area contributed by atoms with Crippen molar-refractivity contribution in [3.63, 3.8) is 0 Å². The molecule has 2 aliphatic heterocycles. The van der Waals surface area contributed by atoms with Gasteiger partial charge in [-0.2, -0.15) is 4.98 Å². The first-order chi connectivity index (χ1) is 11.3. The maximum Gasteiger partial charge on any atom is 0.347 e. The summed E-state index contributed by atoms with van der Waals surface area (Å²) in [5, 5.41) is 3.24. The molecule has 1 atom stereocenters. The van der Waals surface area contributed by atoms with E-state index in [4.69, 9.17) is 0 Å². The monoisotopic (exact) mass is 310 g/mol. The van der Waals surface area contributed by atoms with Crippen molar-refractivity contribution in [2.24, 2.45) is 0 Å². The van der Waals surface area contributed by atoms with Gasteiger partial charge in [-0.05, 0) is 31.4 Å². The molecule has 5 nitrogen and oxygen atoms in total. The first-order valence-corrected chi connectivity index (χ1v) is 8.46. The Bertz CT molecular complexity index is 740. The molecule has 0 spiro atoms. The Morgan fingerprint density at radius 2 is 2.09 bits per heavy atom. The summed E-state index contributed by atoms with van der Waals surface area (Å²) in [7, 11) is 0. The summed E-state index contributed by atoms with van der Waals surface area (Å²) in [5.41, 5.74) is 3.37. The van der Waals surface area contributed by atoms with Gasteiger partial charge in [-0.15, -0.1) is 0 Å². The highest BCUT2D eigenvalue weighted by molar-refractivity contribution is 5.51. The summed E-state index contributed by atoms with van der Waals surface area (Å²) in [6, 6.07) is 10.9. The number of H-pyrrole nitrogens is 1. The third-order valence-corrected chi connectivity index (χ3v) is 4.91. The number of nitrogens with one attached hydrogen (secondary N) is 2. The molecule has 4 rings (SSSR count). The summed E-state index contributed by atoms with van der Waals surface area (Å²) < 4.78 is 0. The SMILES string of the molecule is O=c1nc2c(c(C3CCCCN3Cc3ccccc3)[nH]1)CCN2. The van der Waals surface area contributed by atoms with Gasteiger partial charge in [0.05, 0.1) is 6.04 Å². The van der Waals surface area contributed by atoms with E-state index in [0.29, 0.717) is 0 Å². The van der Waals surface area contributed by atoms with Crippen LogP contribution in [0.3, 0.4) is 0 Å². The van der Waals surface area contributed by atoms with Gasteiger partial charge in [0.1, 0.15) is 5.82 Å². The van der Waals surface area contributed by atoms with Crippen molar-refractivity contribution in [2.75, 3.05) is 18.4 Å². The number of aromatic nitrogens is 2. The van der Waals surface area contributed by atoms with Crippen LogP contribution >= 0.6 is 0 Å². The van der Waals surface area contributed by atoms with Crippen LogP contribution in [-0.2, 0) is 13.0 Å². The van der Waals surface area contributed by atoms with Gasteiger partial charge in [-0.3, -0.25) is 4.90 Å². The Kier molecular flexibility index (Phi) is 3.87. The van der Waals surface area contributed by atoms with E-state index >= 15 is 0 Å². The van der Waals surface area contributed by atoms with E-state index < -0.39 is 0 Å². The molecule has 0 saturated carbocycles. The number of fused-ring (bicyclic) bond motifs is 1. The molecule has 23 heavy (non-hydrogen) atoms. The predicted octanol–water partition coefficient (Wildman–Crippen LogP) is 2.47. The minimum Gasteiger partial charge on any atom is -0.369 e. The zero-order valence-electron chi connectivity index (χ0n) is 13.2. The van der Waals surface area contributed by atoms with Crippen LogP contribution in [0.15, 0.2) is 35.1 Å². The molecule has 5 heteroatoms. The van der Waals surface area contributed by atoms with E-state index in [1.165, 1.54) is 24.0 Å². The van der Waals surface area contributed by atoms with Gasteiger partial charge in [0, 0.05) is 24.3 Å². The van der Waals surface area contributed by atoms with Crippen molar-refractivity contribution >= 4 is 5.82 Å². The molecule has 2 N–H and O–H groups in total. The molecule has 0 aliphatic carbocycles. The van der Waals surface area contributed by atoms with E-state index in [0.717, 1.165) is 44.0 Å². The Balaban J connectivity index is 1.67. The van der Waals surface area contributed by atoms with Gasteiger partial charge < -0.3 is 10.3 Å². The number of hydrogen-bond donors (Lipinski definition) is 2. The quantitative estimate of drug-likeness (QED) is 0.914. The second-order valence-corrected chi connectivity index (χ2v) is 6.43. The van der Waals surface area contributed by atoms with Crippen molar-refractivity contribution in [1.82, 2.24) is 14.9 Å². The fourth-order valence-electron chi connectivity index (χ4n) is 3.83. The lowest BCUT2D eigenvalue weighted by Crippen LogP contribution is -2.35. The lowest BCUT2D eigenvalue weighted by molar-refractivity contribution is 0.136. The van der Waals surface area contributed by atoms with Crippen molar-refractivity contribution < 1.29 is 0 Å². The molecule has 120 valence electrons. The summed E-state index contributed by atoms with van der Waals surface area (Å²) in [6.07, 6.45) is 4.48. The van der Waals surface area contributed by atoms with Gasteiger partial charge in [0.2, 0.25) is 0 Å². The van der Waals surface area contributed by atoms with Gasteiger partial charge in [-0.1, -0.05) is 36.8 Å². The number of piperidine rings is 1. The third-order valence-electron chi connectivity index (χ3n) is 4.91. The Morgan fingerprint density at radius 3 is 2.96 bits per heavy atom. The molecular weight excluding hydrogens is 288 g/mol. The molecule has 1 unspecified atom stereocenters. The fraction of sp³-hybridized carbons (Fsp3) is 0.444. The third kappa shape index (κ3) is 2.88. The van der Waals surface area contributed by atoms with Crippen LogP contribution in [0.1, 0.15) is 42.1 Å². The van der Waals surface area contributed by atoms with Crippen LogP contribution in [-0.4, -0.2) is 28.0 Å². The standard InChI is InChI=1S/C18H22N4O/c23-18-20-16(14-9-10-19-17(14)21-18)15-8-4-5-11-22(15)12-13-6-2-1-3-7-13/h1-3,6-7,15H,4-5,8-12H2,(H2,19,20,21,23). The first-order valence-electron chi connectivity index (χ1n) is 8.46. The van der Waals surface area contributed by atoms with Gasteiger partial charge in [-0.25, -0.2) is 4.79 Å². The minimum absolute atomic E-state index is 0.238. The molecule has 1 aromatic heterocycles. The highest BCUT2D eigenvalue weighted by Gasteiger charge is 2.29. The van der Waals surface area contributed by atoms with E-state index in [9.17, 15) is 4.79 Å². The number of hydrogen-bond acceptors (Lipinski definition) is 4. The molecule has 2 aliphatic rings. The molecule has 2 aromatic rings. The lowest BCUT2D eigenvalue weighted by Gasteiger charge is -2.36. The molecule has 1 fully saturated rings. The van der Waals surface area contributed by atoms with Crippen LogP contribution in [0.5, 0.6) is 0 Å². The minimum atomic E-state index is -0.238. The number of anilines is 1. The highest BCUT2D eigenvalue weighted by Crippen LogP contribution is 2.35. The molecule has 0 amide bonds. The van der Waals surface area contributed by atoms with Gasteiger partial charge in [0.15, 0.2) is 0 Å². The van der Waals surface area contributed by atoms with E-state index in [1.54, 1.807) is 0 Å². The largest absolute Gasteiger partial charge is 0.369 e. The number of nitrogens with zero attached hydrogens (tertiary/aromatic N) is 2. The maximum absolute atomic E-state index is 11.9. The average molecular weight is 310 g/mol. The fourth-order valence-corrected chi connectivity index (χ4v) is 3.83. The normalized spacial score (nSPS) is 21.0. The molecule has 1 aromatic carbocycles. The zero-order chi connectivity index (χ0) is 15.6. The van der Waals surface area contributed by atoms with Crippen LogP contribution in [0.4, 0.5) is 5.82 Å². The molecule has 3 heterocycles. The number of likely N-dealkylation sites (tertiary alicyclic amines) is 1. The Morgan fingerprint density at radius 1 is 1.22 bits per heavy atom. The van der Waals surface area contributed by atoms with Crippen molar-refractivity contribution in [1.29, 1.82) is 0 Å². The van der Waals surface area contributed by atoms with E-state index in [1.807, 2.05) is 0 Å². The van der Waals surface area contributed by atoms with Crippen molar-refractivity contribution in [3.05, 3.63) is 57.6 Å². The first kappa shape index (κ1) is 14.5. The zero-order valence-corrected chi connectivity index (χ0v) is 13.2. The Labute approximate surface area is 135 Å². The number of rotatable bonds is 3. The second kappa shape index (κ2) is 6.16. The summed E-state index contributed by atoms with van der Waals surface area (Å²) in [4.78, 5) is 21.6. The predicted molar refractivity (Wildman–Crippen MR) is 90.5 cm³/mol. The topological polar surface area (TPSA) is 61.0 Å². The molecule has 0 bridgehead atoms. The second-order valence-electron chi connectivity index (χ2n) is 6.43. The van der Waals surface area contributed by atoms with Crippen molar-refractivity contribution in [3.8, 4) is 0 Å². The van der Waals surface area contributed by atoms with E-state index in [-0.39, 0.29) is 11.7 Å². The molecular formula is C18H22N4O. The summed E-state index contributed by atoms with van der Waals surface area (Å²) in [5.74, 6) is 0.786. The number of benzene rings is 1. The molecule has 1 saturated heterocycles. The summed E-state index contributed by atoms with van der Waals surface area (Å²) >= 11 is 0. The summed E-state index contributed by atoms with van der Waals surface area (Å²) in [6.45, 7) is 2.88. The number of aromatic amines is 1. The van der Waals surface area contributed by atoms with Crippen LogP contribution in [0.2, 0.25) is 0 Å². The van der Waals surface area contributed by atoms with Gasteiger partial charge in [0.25, 0.3) is 0 Å². The van der Waals surface area contributed by atoms with Crippen LogP contribution < -0.4 is 11.0 Å². The van der Waals surface area contributed by atoms with Crippen LogP contribution in [0.25, 0.3) is 0 Å².